The maximum atomic E-state index is 13.1. The Hall–Kier alpha value is -1.10. The summed E-state index contributed by atoms with van der Waals surface area (Å²) < 4.78 is 0.329. The molecule has 3 heterocycles. The van der Waals surface area contributed by atoms with E-state index in [2.05, 4.69) is 0 Å². The number of aliphatic hydroxyl groups is 1. The van der Waals surface area contributed by atoms with E-state index < -0.39 is 27.1 Å². The van der Waals surface area contributed by atoms with Gasteiger partial charge in [0.15, 0.2) is 0 Å². The van der Waals surface area contributed by atoms with Gasteiger partial charge in [-0.05, 0) is 5.92 Å². The van der Waals surface area contributed by atoms with Crippen LogP contribution in [0.25, 0.3) is 10.2 Å². The van der Waals surface area contributed by atoms with Gasteiger partial charge in [-0.2, -0.15) is 0 Å². The van der Waals surface area contributed by atoms with Crippen molar-refractivity contribution in [3.63, 3.8) is 0 Å². The van der Waals surface area contributed by atoms with Gasteiger partial charge in [0.25, 0.3) is 11.5 Å². The standard InChI is InChI=1S/C16H18Cl3N3O5S/c1-7(2)4-21-14-10(12(24)20(3)15(21)26)9(11(28-14)16(17,18)19)13(25)22-5-8(23)6-27-22/h7-8,23H,4-6H2,1-3H3. The highest BCUT2D eigenvalue weighted by molar-refractivity contribution is 7.20. The molecule has 1 amide bonds. The summed E-state index contributed by atoms with van der Waals surface area (Å²) in [6.07, 6.45) is -0.855. The van der Waals surface area contributed by atoms with Gasteiger partial charge in [-0.25, -0.2) is 9.86 Å². The fourth-order valence-electron chi connectivity index (χ4n) is 3.00. The zero-order chi connectivity index (χ0) is 21.0. The van der Waals surface area contributed by atoms with Gasteiger partial charge in [0, 0.05) is 13.6 Å². The molecule has 1 N–H and O–H groups in total. The number of carbonyl (C=O) groups is 1. The number of aliphatic hydroxyl groups excluding tert-OH is 1. The number of hydrogen-bond acceptors (Lipinski definition) is 6. The molecule has 12 heteroatoms. The number of nitrogens with zero attached hydrogens (tertiary/aromatic N) is 3. The molecule has 0 aliphatic carbocycles. The summed E-state index contributed by atoms with van der Waals surface area (Å²) in [4.78, 5) is 44.1. The maximum Gasteiger partial charge on any atom is 0.331 e. The van der Waals surface area contributed by atoms with Crippen LogP contribution in [0.15, 0.2) is 9.59 Å². The van der Waals surface area contributed by atoms with Crippen LogP contribution >= 0.6 is 46.1 Å². The normalized spacial score (nSPS) is 17.9. The smallest absolute Gasteiger partial charge is 0.331 e. The van der Waals surface area contributed by atoms with Crippen molar-refractivity contribution in [3.8, 4) is 0 Å². The Morgan fingerprint density at radius 3 is 2.50 bits per heavy atom. The van der Waals surface area contributed by atoms with Gasteiger partial charge in [0.05, 0.1) is 22.4 Å². The average molecular weight is 471 g/mol. The first-order valence-electron chi connectivity index (χ1n) is 8.39. The van der Waals surface area contributed by atoms with E-state index in [0.29, 0.717) is 6.54 Å². The van der Waals surface area contributed by atoms with Crippen molar-refractivity contribution in [2.75, 3.05) is 13.2 Å². The van der Waals surface area contributed by atoms with Crippen LogP contribution in [0.2, 0.25) is 0 Å². The molecule has 2 aromatic heterocycles. The number of rotatable bonds is 3. The lowest BCUT2D eigenvalue weighted by atomic mass is 10.1. The lowest BCUT2D eigenvalue weighted by Gasteiger charge is -2.17. The maximum absolute atomic E-state index is 13.1. The number of aromatic nitrogens is 2. The van der Waals surface area contributed by atoms with Crippen LogP contribution in [0, 0.1) is 5.92 Å². The topological polar surface area (TPSA) is 93.8 Å². The van der Waals surface area contributed by atoms with Crippen LogP contribution in [0.5, 0.6) is 0 Å². The predicted octanol–water partition coefficient (Wildman–Crippen LogP) is 1.99. The van der Waals surface area contributed by atoms with E-state index in [-0.39, 0.29) is 39.7 Å². The van der Waals surface area contributed by atoms with Crippen molar-refractivity contribution in [1.29, 1.82) is 0 Å². The molecule has 0 saturated carbocycles. The molecule has 3 rings (SSSR count). The van der Waals surface area contributed by atoms with Crippen molar-refractivity contribution in [1.82, 2.24) is 14.2 Å². The molecule has 0 radical (unpaired) electrons. The fourth-order valence-corrected chi connectivity index (χ4v) is 4.78. The van der Waals surface area contributed by atoms with E-state index in [1.54, 1.807) is 0 Å². The minimum Gasteiger partial charge on any atom is -0.389 e. The van der Waals surface area contributed by atoms with Gasteiger partial charge in [-0.3, -0.25) is 23.6 Å². The zero-order valence-corrected chi connectivity index (χ0v) is 18.3. The van der Waals surface area contributed by atoms with Crippen LogP contribution < -0.4 is 11.2 Å². The third-order valence-electron chi connectivity index (χ3n) is 4.22. The number of β-amino-alcohol motifs (C(OH)–C–C–N with tert-alkyl or cyclic N) is 1. The molecule has 28 heavy (non-hydrogen) atoms. The van der Waals surface area contributed by atoms with Crippen LogP contribution in [0.4, 0.5) is 0 Å². The van der Waals surface area contributed by atoms with E-state index in [1.165, 1.54) is 11.6 Å². The molecule has 0 bridgehead atoms. The number of hydroxylamine groups is 2. The van der Waals surface area contributed by atoms with Crippen LogP contribution in [-0.4, -0.2) is 44.5 Å². The number of thiophene rings is 1. The SMILES string of the molecule is CC(C)Cn1c(=O)n(C)c(=O)c2c(C(=O)N3CC(O)CO3)c(C(Cl)(Cl)Cl)sc21. The van der Waals surface area contributed by atoms with E-state index in [0.717, 1.165) is 21.0 Å². The summed E-state index contributed by atoms with van der Waals surface area (Å²) in [6.45, 7) is 4.00. The Balaban J connectivity index is 2.38. The van der Waals surface area contributed by atoms with Crippen molar-refractivity contribution in [3.05, 3.63) is 31.3 Å². The van der Waals surface area contributed by atoms with E-state index >= 15 is 0 Å². The molecular weight excluding hydrogens is 453 g/mol. The zero-order valence-electron chi connectivity index (χ0n) is 15.2. The average Bonchev–Trinajstić information content (AvgIpc) is 3.19. The van der Waals surface area contributed by atoms with Crippen molar-refractivity contribution in [2.45, 2.75) is 30.3 Å². The van der Waals surface area contributed by atoms with Gasteiger partial charge < -0.3 is 5.11 Å². The van der Waals surface area contributed by atoms with Gasteiger partial charge >= 0.3 is 5.69 Å². The molecule has 1 fully saturated rings. The number of amides is 1. The second-order valence-corrected chi connectivity index (χ2v) is 10.2. The molecule has 1 aliphatic rings. The summed E-state index contributed by atoms with van der Waals surface area (Å²) in [7, 11) is 1.33. The molecule has 1 unspecified atom stereocenters. The summed E-state index contributed by atoms with van der Waals surface area (Å²) in [5, 5.41) is 10.6. The number of alkyl halides is 3. The summed E-state index contributed by atoms with van der Waals surface area (Å²) in [5.74, 6) is -0.621. The molecule has 1 aliphatic heterocycles. The molecule has 154 valence electrons. The molecule has 0 spiro atoms. The largest absolute Gasteiger partial charge is 0.389 e. The molecule has 2 aromatic rings. The summed E-state index contributed by atoms with van der Waals surface area (Å²) in [6, 6.07) is 0. The number of fused-ring (bicyclic) bond motifs is 1. The summed E-state index contributed by atoms with van der Waals surface area (Å²) in [5.41, 5.74) is -1.32. The highest BCUT2D eigenvalue weighted by Gasteiger charge is 2.39. The minimum atomic E-state index is -2.00. The lowest BCUT2D eigenvalue weighted by Crippen LogP contribution is -2.39. The Kier molecular flexibility index (Phi) is 5.88. The van der Waals surface area contributed by atoms with E-state index in [1.807, 2.05) is 13.8 Å². The Labute approximate surface area is 178 Å². The van der Waals surface area contributed by atoms with Crippen LogP contribution in [-0.2, 0) is 22.2 Å². The Bertz CT molecular complexity index is 1050. The molecule has 1 atom stereocenters. The number of hydrogen-bond donors (Lipinski definition) is 1. The van der Waals surface area contributed by atoms with E-state index in [9.17, 15) is 19.5 Å². The number of carbonyl (C=O) groups excluding carboxylic acids is 1. The lowest BCUT2D eigenvalue weighted by molar-refractivity contribution is -0.0778. The van der Waals surface area contributed by atoms with Gasteiger partial charge in [0.2, 0.25) is 3.79 Å². The molecule has 0 aromatic carbocycles. The molecule has 8 nitrogen and oxygen atoms in total. The first kappa shape index (κ1) is 21.6. The highest BCUT2D eigenvalue weighted by atomic mass is 35.6. The monoisotopic (exact) mass is 469 g/mol. The van der Waals surface area contributed by atoms with Gasteiger partial charge in [-0.15, -0.1) is 11.3 Å². The van der Waals surface area contributed by atoms with E-state index in [4.69, 9.17) is 39.6 Å². The van der Waals surface area contributed by atoms with Gasteiger partial charge in [0.1, 0.15) is 17.5 Å². The number of halogens is 3. The summed E-state index contributed by atoms with van der Waals surface area (Å²) >= 11 is 19.2. The Morgan fingerprint density at radius 1 is 1.36 bits per heavy atom. The van der Waals surface area contributed by atoms with Crippen molar-refractivity contribution >= 4 is 62.3 Å². The van der Waals surface area contributed by atoms with Gasteiger partial charge in [-0.1, -0.05) is 48.7 Å². The predicted molar refractivity (Wildman–Crippen MR) is 108 cm³/mol. The van der Waals surface area contributed by atoms with Crippen LogP contribution in [0.3, 0.4) is 0 Å². The minimum absolute atomic E-state index is 0.0101. The quantitative estimate of drug-likeness (QED) is 0.693. The highest BCUT2D eigenvalue weighted by Crippen LogP contribution is 2.46. The second-order valence-electron chi connectivity index (χ2n) is 6.95. The third-order valence-corrected chi connectivity index (χ3v) is 6.45. The molecular formula is C16H18Cl3N3O5S. The fraction of sp³-hybridized carbons (Fsp3) is 0.562. The first-order chi connectivity index (χ1) is 12.9. The van der Waals surface area contributed by atoms with Crippen molar-refractivity contribution in [2.24, 2.45) is 13.0 Å². The molecule has 1 saturated heterocycles. The Morgan fingerprint density at radius 2 is 2.00 bits per heavy atom. The van der Waals surface area contributed by atoms with Crippen LogP contribution in [0.1, 0.15) is 29.1 Å². The van der Waals surface area contributed by atoms with Crippen molar-refractivity contribution < 1.29 is 14.7 Å². The third kappa shape index (κ3) is 3.71. The first-order valence-corrected chi connectivity index (χ1v) is 10.3. The second kappa shape index (κ2) is 7.62.